The first-order chi connectivity index (χ1) is 15.5. The molecule has 1 aliphatic rings. The average molecular weight is 449 g/mol. The van der Waals surface area contributed by atoms with E-state index in [1.807, 2.05) is 20.8 Å². The summed E-state index contributed by atoms with van der Waals surface area (Å²) < 4.78 is 14.0. The van der Waals surface area contributed by atoms with Crippen molar-refractivity contribution < 1.29 is 19.1 Å². The Morgan fingerprint density at radius 2 is 1.88 bits per heavy atom. The van der Waals surface area contributed by atoms with Gasteiger partial charge < -0.3 is 19.7 Å². The first-order valence-electron chi connectivity index (χ1n) is 10.7. The first kappa shape index (κ1) is 22.4. The molecule has 0 saturated carbocycles. The molecule has 0 bridgehead atoms. The lowest BCUT2D eigenvalue weighted by Gasteiger charge is -2.16. The van der Waals surface area contributed by atoms with E-state index >= 15 is 0 Å². The fourth-order valence-electron chi connectivity index (χ4n) is 3.81. The summed E-state index contributed by atoms with van der Waals surface area (Å²) in [7, 11) is 5.22. The average Bonchev–Trinajstić information content (AvgIpc) is 3.29. The Morgan fingerprint density at radius 1 is 1.12 bits per heavy atom. The normalized spacial score (nSPS) is 13.8. The number of amides is 2. The molecule has 0 saturated heterocycles. The molecular weight excluding hydrogens is 420 g/mol. The molecule has 1 aliphatic heterocycles. The predicted octanol–water partition coefficient (Wildman–Crippen LogP) is 4.19. The number of anilines is 1. The van der Waals surface area contributed by atoms with Crippen LogP contribution < -0.4 is 14.8 Å². The number of fused-ring (bicyclic) bond motifs is 1. The molecule has 2 heterocycles. The summed E-state index contributed by atoms with van der Waals surface area (Å²) in [5, 5.41) is 7.00. The van der Waals surface area contributed by atoms with Crippen LogP contribution in [0.1, 0.15) is 45.7 Å². The second-order valence-corrected chi connectivity index (χ2v) is 9.10. The summed E-state index contributed by atoms with van der Waals surface area (Å²) >= 11 is 0. The van der Waals surface area contributed by atoms with Gasteiger partial charge in [-0.1, -0.05) is 0 Å². The third-order valence-corrected chi connectivity index (χ3v) is 5.42. The third kappa shape index (κ3) is 4.69. The Labute approximate surface area is 193 Å². The van der Waals surface area contributed by atoms with E-state index in [1.165, 1.54) is 4.90 Å². The van der Waals surface area contributed by atoms with Crippen molar-refractivity contribution >= 4 is 17.6 Å². The molecule has 0 fully saturated rings. The molecule has 8 heteroatoms. The Hall–Kier alpha value is -3.81. The largest absolute Gasteiger partial charge is 0.487 e. The SMILES string of the molecule is Cc1cc(C(=O)N(C)C)ccc1Oc1cc(C(=O)Nc2ccn(C)n2)cc2c1CC(C)(C)O2. The number of benzene rings is 2. The molecule has 1 aromatic heterocycles. The number of hydrogen-bond acceptors (Lipinski definition) is 5. The zero-order valence-electron chi connectivity index (χ0n) is 19.7. The molecule has 0 unspecified atom stereocenters. The smallest absolute Gasteiger partial charge is 0.257 e. The van der Waals surface area contributed by atoms with Gasteiger partial charge in [-0.25, -0.2) is 0 Å². The number of nitrogens with one attached hydrogen (secondary N) is 1. The van der Waals surface area contributed by atoms with Crippen LogP contribution in [0.2, 0.25) is 0 Å². The zero-order chi connectivity index (χ0) is 23.9. The maximum absolute atomic E-state index is 12.9. The van der Waals surface area contributed by atoms with Gasteiger partial charge in [-0.15, -0.1) is 0 Å². The standard InChI is InChI=1S/C25H28N4O4/c1-15-11-16(24(31)28(4)5)7-8-19(15)32-20-12-17(13-21-18(20)14-25(2,3)33-21)23(30)26-22-9-10-29(6)27-22/h7-13H,14H2,1-6H3,(H,26,27,30). The maximum Gasteiger partial charge on any atom is 0.257 e. The summed E-state index contributed by atoms with van der Waals surface area (Å²) in [5.74, 6) is 1.87. The highest BCUT2D eigenvalue weighted by Gasteiger charge is 2.34. The molecule has 4 rings (SSSR count). The van der Waals surface area contributed by atoms with E-state index in [9.17, 15) is 9.59 Å². The number of hydrogen-bond donors (Lipinski definition) is 1. The number of rotatable bonds is 5. The van der Waals surface area contributed by atoms with Crippen LogP contribution in [-0.2, 0) is 13.5 Å². The van der Waals surface area contributed by atoms with Crippen molar-refractivity contribution in [2.45, 2.75) is 32.8 Å². The molecule has 3 aromatic rings. The summed E-state index contributed by atoms with van der Waals surface area (Å²) in [6, 6.07) is 10.5. The van der Waals surface area contributed by atoms with E-state index < -0.39 is 5.60 Å². The summed E-state index contributed by atoms with van der Waals surface area (Å²) in [4.78, 5) is 26.7. The number of ether oxygens (including phenoxy) is 2. The lowest BCUT2D eigenvalue weighted by Crippen LogP contribution is -2.24. The van der Waals surface area contributed by atoms with E-state index in [2.05, 4.69) is 10.4 Å². The summed E-state index contributed by atoms with van der Waals surface area (Å²) in [6.45, 7) is 5.88. The second kappa shape index (κ2) is 8.27. The number of carbonyl (C=O) groups is 2. The van der Waals surface area contributed by atoms with Gasteiger partial charge in [0.1, 0.15) is 22.8 Å². The monoisotopic (exact) mass is 448 g/mol. The lowest BCUT2D eigenvalue weighted by molar-refractivity contribution is 0.0827. The molecule has 1 N–H and O–H groups in total. The highest BCUT2D eigenvalue weighted by atomic mass is 16.5. The van der Waals surface area contributed by atoms with Crippen LogP contribution in [0.15, 0.2) is 42.6 Å². The van der Waals surface area contributed by atoms with E-state index in [0.717, 1.165) is 11.1 Å². The van der Waals surface area contributed by atoms with Gasteiger partial charge in [0.25, 0.3) is 11.8 Å². The maximum atomic E-state index is 12.9. The van der Waals surface area contributed by atoms with E-state index in [-0.39, 0.29) is 11.8 Å². The number of aryl methyl sites for hydroxylation is 2. The number of nitrogens with zero attached hydrogens (tertiary/aromatic N) is 3. The molecule has 0 radical (unpaired) electrons. The van der Waals surface area contributed by atoms with E-state index in [4.69, 9.17) is 9.47 Å². The topological polar surface area (TPSA) is 85.7 Å². The van der Waals surface area contributed by atoms with Crippen LogP contribution >= 0.6 is 0 Å². The molecule has 2 amide bonds. The predicted molar refractivity (Wildman–Crippen MR) is 125 cm³/mol. The van der Waals surface area contributed by atoms with Crippen molar-refractivity contribution in [3.05, 3.63) is 64.8 Å². The van der Waals surface area contributed by atoms with Crippen LogP contribution in [0.4, 0.5) is 5.82 Å². The molecular formula is C25H28N4O4. The van der Waals surface area contributed by atoms with Gasteiger partial charge in [-0.05, 0) is 56.7 Å². The van der Waals surface area contributed by atoms with Gasteiger partial charge in [-0.3, -0.25) is 14.3 Å². The van der Waals surface area contributed by atoms with Crippen molar-refractivity contribution in [2.75, 3.05) is 19.4 Å². The van der Waals surface area contributed by atoms with Crippen molar-refractivity contribution in [2.24, 2.45) is 7.05 Å². The van der Waals surface area contributed by atoms with Crippen LogP contribution in [0.25, 0.3) is 0 Å². The molecule has 172 valence electrons. The van der Waals surface area contributed by atoms with Crippen molar-refractivity contribution in [3.8, 4) is 17.2 Å². The Morgan fingerprint density at radius 3 is 2.52 bits per heavy atom. The van der Waals surface area contributed by atoms with E-state index in [1.54, 1.807) is 68.4 Å². The summed E-state index contributed by atoms with van der Waals surface area (Å²) in [6.07, 6.45) is 2.40. The van der Waals surface area contributed by atoms with Gasteiger partial charge in [0.15, 0.2) is 5.82 Å². The fourth-order valence-corrected chi connectivity index (χ4v) is 3.81. The van der Waals surface area contributed by atoms with Crippen molar-refractivity contribution in [3.63, 3.8) is 0 Å². The van der Waals surface area contributed by atoms with Gasteiger partial charge in [0.2, 0.25) is 0 Å². The van der Waals surface area contributed by atoms with Gasteiger partial charge in [0, 0.05) is 56.5 Å². The minimum atomic E-state index is -0.409. The van der Waals surface area contributed by atoms with E-state index in [0.29, 0.717) is 40.6 Å². The van der Waals surface area contributed by atoms with Crippen molar-refractivity contribution in [1.82, 2.24) is 14.7 Å². The summed E-state index contributed by atoms with van der Waals surface area (Å²) in [5.41, 5.74) is 2.31. The van der Waals surface area contributed by atoms with Crippen LogP contribution in [0.3, 0.4) is 0 Å². The zero-order valence-corrected chi connectivity index (χ0v) is 19.7. The third-order valence-electron chi connectivity index (χ3n) is 5.42. The minimum absolute atomic E-state index is 0.0751. The van der Waals surface area contributed by atoms with Gasteiger partial charge in [0.05, 0.1) is 0 Å². The Balaban J connectivity index is 1.67. The Bertz CT molecular complexity index is 1240. The van der Waals surface area contributed by atoms with Crippen LogP contribution in [-0.4, -0.2) is 46.2 Å². The first-order valence-corrected chi connectivity index (χ1v) is 10.7. The molecule has 0 spiro atoms. The minimum Gasteiger partial charge on any atom is -0.487 e. The van der Waals surface area contributed by atoms with Crippen molar-refractivity contribution in [1.29, 1.82) is 0 Å². The highest BCUT2D eigenvalue weighted by molar-refractivity contribution is 6.04. The van der Waals surface area contributed by atoms with Crippen LogP contribution in [0.5, 0.6) is 17.2 Å². The molecule has 2 aromatic carbocycles. The molecule has 0 aliphatic carbocycles. The number of aromatic nitrogens is 2. The van der Waals surface area contributed by atoms with Crippen LogP contribution in [0, 0.1) is 6.92 Å². The lowest BCUT2D eigenvalue weighted by atomic mass is 9.99. The fraction of sp³-hybridized carbons (Fsp3) is 0.320. The highest BCUT2D eigenvalue weighted by Crippen LogP contribution is 2.43. The Kier molecular flexibility index (Phi) is 5.61. The number of carbonyl (C=O) groups excluding carboxylic acids is 2. The molecule has 33 heavy (non-hydrogen) atoms. The quantitative estimate of drug-likeness (QED) is 0.633. The second-order valence-electron chi connectivity index (χ2n) is 9.10. The van der Waals surface area contributed by atoms with Gasteiger partial charge >= 0.3 is 0 Å². The van der Waals surface area contributed by atoms with Gasteiger partial charge in [-0.2, -0.15) is 5.10 Å². The molecule has 8 nitrogen and oxygen atoms in total. The molecule has 0 atom stereocenters.